The summed E-state index contributed by atoms with van der Waals surface area (Å²) in [5.41, 5.74) is 0.886. The first kappa shape index (κ1) is 15.8. The van der Waals surface area contributed by atoms with Crippen molar-refractivity contribution in [2.45, 2.75) is 4.90 Å². The summed E-state index contributed by atoms with van der Waals surface area (Å²) in [5, 5.41) is 0. The minimum Gasteiger partial charge on any atom is -0.497 e. The van der Waals surface area contributed by atoms with Gasteiger partial charge in [0.15, 0.2) is 11.1 Å². The summed E-state index contributed by atoms with van der Waals surface area (Å²) in [6.07, 6.45) is 0. The number of halogens is 1. The van der Waals surface area contributed by atoms with Gasteiger partial charge < -0.3 is 4.74 Å². The number of hydrogen-bond acceptors (Lipinski definition) is 3. The van der Waals surface area contributed by atoms with E-state index in [1.807, 2.05) is 24.3 Å². The molecule has 0 spiro atoms. The van der Waals surface area contributed by atoms with E-state index in [0.29, 0.717) is 10.6 Å². The molecule has 3 nitrogen and oxygen atoms in total. The van der Waals surface area contributed by atoms with Gasteiger partial charge in [0.05, 0.1) is 12.0 Å². The molecule has 0 N–H and O–H groups in total. The maximum absolute atomic E-state index is 11.9. The Hall–Kier alpha value is -1.61. The fourth-order valence-corrected chi connectivity index (χ4v) is 2.43. The molecule has 0 amide bonds. The van der Waals surface area contributed by atoms with Crippen molar-refractivity contribution < 1.29 is 13.1 Å². The highest BCUT2D eigenvalue weighted by Gasteiger charge is 2.03. The molecule has 0 saturated heterocycles. The summed E-state index contributed by atoms with van der Waals surface area (Å²) < 4.78 is 23.1. The van der Waals surface area contributed by atoms with Crippen LogP contribution in [0.1, 0.15) is 5.56 Å². The first-order valence-corrected chi connectivity index (χ1v) is 7.99. The minimum absolute atomic E-state index is 0.106. The van der Waals surface area contributed by atoms with E-state index in [1.165, 1.54) is 0 Å². The first-order valence-electron chi connectivity index (χ1n) is 6.12. The van der Waals surface area contributed by atoms with Gasteiger partial charge in [-0.15, -0.1) is 0 Å². The quantitative estimate of drug-likeness (QED) is 0.778. The lowest BCUT2D eigenvalue weighted by Gasteiger charge is -2.02. The number of hydrogen-bond donors (Lipinski definition) is 0. The molecule has 1 atom stereocenters. The summed E-state index contributed by atoms with van der Waals surface area (Å²) >= 11 is 1.84. The number of benzene rings is 2. The van der Waals surface area contributed by atoms with E-state index in [1.54, 1.807) is 31.4 Å². The van der Waals surface area contributed by atoms with Gasteiger partial charge in [-0.25, -0.2) is 4.21 Å². The molecule has 0 aliphatic rings. The van der Waals surface area contributed by atoms with Crippen LogP contribution >= 0.6 is 15.9 Å². The SMILES string of the molecule is COc1ccc([S@@](=O)OCC#Cc2ccc(Br)cc2)cc1. The lowest BCUT2D eigenvalue weighted by molar-refractivity contribution is 0.401. The Morgan fingerprint density at radius 1 is 1.10 bits per heavy atom. The highest BCUT2D eigenvalue weighted by atomic mass is 79.9. The zero-order valence-electron chi connectivity index (χ0n) is 11.3. The number of methoxy groups -OCH3 is 1. The summed E-state index contributed by atoms with van der Waals surface area (Å²) in [6.45, 7) is 0.106. The minimum atomic E-state index is -1.52. The Morgan fingerprint density at radius 3 is 2.38 bits per heavy atom. The van der Waals surface area contributed by atoms with E-state index in [2.05, 4.69) is 27.8 Å². The van der Waals surface area contributed by atoms with Crippen LogP contribution in [-0.4, -0.2) is 17.9 Å². The Labute approximate surface area is 135 Å². The molecule has 2 aromatic carbocycles. The van der Waals surface area contributed by atoms with Crippen molar-refractivity contribution in [2.75, 3.05) is 13.7 Å². The van der Waals surface area contributed by atoms with Crippen LogP contribution in [0.15, 0.2) is 57.9 Å². The number of rotatable bonds is 4. The van der Waals surface area contributed by atoms with Gasteiger partial charge in [0, 0.05) is 10.0 Å². The molecule has 0 aliphatic carbocycles. The molecule has 2 rings (SSSR count). The average molecular weight is 365 g/mol. The second-order valence-corrected chi connectivity index (χ2v) is 6.07. The molecular formula is C16H13BrO3S. The Bertz CT molecular complexity index is 669. The molecule has 108 valence electrons. The molecule has 2 aromatic rings. The second kappa shape index (κ2) is 7.99. The molecule has 0 aliphatic heterocycles. The van der Waals surface area contributed by atoms with E-state index < -0.39 is 11.1 Å². The summed E-state index contributed by atoms with van der Waals surface area (Å²) in [4.78, 5) is 0.584. The topological polar surface area (TPSA) is 35.5 Å². The molecule has 21 heavy (non-hydrogen) atoms. The van der Waals surface area contributed by atoms with Gasteiger partial charge in [-0.1, -0.05) is 27.8 Å². The van der Waals surface area contributed by atoms with Crippen LogP contribution in [0.4, 0.5) is 0 Å². The van der Waals surface area contributed by atoms with E-state index in [-0.39, 0.29) is 6.61 Å². The van der Waals surface area contributed by atoms with Gasteiger partial charge >= 0.3 is 0 Å². The molecule has 0 radical (unpaired) electrons. The third-order valence-electron chi connectivity index (χ3n) is 2.57. The smallest absolute Gasteiger partial charge is 0.190 e. The highest BCUT2D eigenvalue weighted by Crippen LogP contribution is 2.14. The predicted octanol–water partition coefficient (Wildman–Crippen LogP) is 3.55. The van der Waals surface area contributed by atoms with Crippen molar-refractivity contribution in [2.24, 2.45) is 0 Å². The zero-order valence-corrected chi connectivity index (χ0v) is 13.7. The van der Waals surface area contributed by atoms with Crippen molar-refractivity contribution >= 4 is 27.0 Å². The van der Waals surface area contributed by atoms with Crippen LogP contribution in [0.3, 0.4) is 0 Å². The van der Waals surface area contributed by atoms with Crippen LogP contribution in [0.5, 0.6) is 5.75 Å². The van der Waals surface area contributed by atoms with Gasteiger partial charge in [-0.3, -0.25) is 4.18 Å². The van der Waals surface area contributed by atoms with Gasteiger partial charge in [-0.05, 0) is 48.5 Å². The standard InChI is InChI=1S/C16H13BrO3S/c1-19-15-8-10-16(11-9-15)21(18)20-12-2-3-13-4-6-14(17)7-5-13/h4-11H,12H2,1H3/t21-/m0/s1. The largest absolute Gasteiger partial charge is 0.497 e. The third kappa shape index (κ3) is 5.01. The summed E-state index contributed by atoms with van der Waals surface area (Å²) in [6, 6.07) is 14.5. The first-order chi connectivity index (χ1) is 10.2. The lowest BCUT2D eigenvalue weighted by atomic mass is 10.2. The fourth-order valence-electron chi connectivity index (χ4n) is 1.51. The second-order valence-electron chi connectivity index (χ2n) is 3.98. The van der Waals surface area contributed by atoms with Gasteiger partial charge in [-0.2, -0.15) is 0 Å². The van der Waals surface area contributed by atoms with Crippen molar-refractivity contribution in [3.8, 4) is 17.6 Å². The Morgan fingerprint density at radius 2 is 1.76 bits per heavy atom. The Balaban J connectivity index is 1.88. The van der Waals surface area contributed by atoms with Crippen LogP contribution in [0.25, 0.3) is 0 Å². The molecule has 0 fully saturated rings. The zero-order chi connectivity index (χ0) is 15.1. The van der Waals surface area contributed by atoms with E-state index in [4.69, 9.17) is 8.92 Å². The fraction of sp³-hybridized carbons (Fsp3) is 0.125. The van der Waals surface area contributed by atoms with Crippen molar-refractivity contribution in [1.82, 2.24) is 0 Å². The summed E-state index contributed by atoms with van der Waals surface area (Å²) in [7, 11) is 1.58. The van der Waals surface area contributed by atoms with E-state index in [9.17, 15) is 4.21 Å². The van der Waals surface area contributed by atoms with Crippen molar-refractivity contribution in [1.29, 1.82) is 0 Å². The van der Waals surface area contributed by atoms with Crippen LogP contribution in [0, 0.1) is 11.8 Å². The summed E-state index contributed by atoms with van der Waals surface area (Å²) in [5.74, 6) is 6.50. The van der Waals surface area contributed by atoms with Crippen LogP contribution < -0.4 is 4.74 Å². The monoisotopic (exact) mass is 364 g/mol. The maximum Gasteiger partial charge on any atom is 0.190 e. The van der Waals surface area contributed by atoms with Crippen LogP contribution in [-0.2, 0) is 15.3 Å². The third-order valence-corrected chi connectivity index (χ3v) is 4.08. The molecule has 5 heteroatoms. The molecule has 0 aromatic heterocycles. The highest BCUT2D eigenvalue weighted by molar-refractivity contribution is 9.10. The van der Waals surface area contributed by atoms with E-state index >= 15 is 0 Å². The molecule has 0 bridgehead atoms. The van der Waals surface area contributed by atoms with Crippen molar-refractivity contribution in [3.63, 3.8) is 0 Å². The van der Waals surface area contributed by atoms with Crippen molar-refractivity contribution in [3.05, 3.63) is 58.6 Å². The lowest BCUT2D eigenvalue weighted by Crippen LogP contribution is -1.98. The molecule has 0 heterocycles. The molecule has 0 unspecified atom stereocenters. The van der Waals surface area contributed by atoms with Gasteiger partial charge in [0.25, 0.3) is 0 Å². The Kier molecular flexibility index (Phi) is 6.00. The van der Waals surface area contributed by atoms with Gasteiger partial charge in [0.2, 0.25) is 0 Å². The molecule has 0 saturated carbocycles. The maximum atomic E-state index is 11.9. The average Bonchev–Trinajstić information content (AvgIpc) is 2.53. The van der Waals surface area contributed by atoms with Crippen LogP contribution in [0.2, 0.25) is 0 Å². The van der Waals surface area contributed by atoms with Gasteiger partial charge in [0.1, 0.15) is 12.4 Å². The number of ether oxygens (including phenoxy) is 1. The van der Waals surface area contributed by atoms with E-state index in [0.717, 1.165) is 10.0 Å². The predicted molar refractivity (Wildman–Crippen MR) is 86.4 cm³/mol. The molecular weight excluding hydrogens is 352 g/mol. The normalized spacial score (nSPS) is 11.3.